The summed E-state index contributed by atoms with van der Waals surface area (Å²) in [4.78, 5) is -0.303. The molecule has 0 aliphatic heterocycles. The maximum Gasteiger partial charge on any atom is 0.243 e. The first-order chi connectivity index (χ1) is 12.2. The molecular weight excluding hydrogens is 376 g/mol. The Morgan fingerprint density at radius 3 is 2.19 bits per heavy atom. The molecule has 0 unspecified atom stereocenters. The van der Waals surface area contributed by atoms with Crippen molar-refractivity contribution >= 4 is 20.0 Å². The van der Waals surface area contributed by atoms with Crippen LogP contribution in [0.2, 0.25) is 0 Å². The average molecular weight is 396 g/mol. The Balaban J connectivity index is 1.94. The molecule has 0 bridgehead atoms. The van der Waals surface area contributed by atoms with Crippen LogP contribution in [-0.4, -0.2) is 34.3 Å². The van der Waals surface area contributed by atoms with Crippen molar-refractivity contribution in [2.75, 3.05) is 7.11 Å². The molecule has 0 radical (unpaired) electrons. The lowest BCUT2D eigenvalue weighted by atomic mass is 10.2. The summed E-state index contributed by atoms with van der Waals surface area (Å²) in [5, 5.41) is 5.12. The molecule has 7 nitrogen and oxygen atoms in total. The van der Waals surface area contributed by atoms with Crippen LogP contribution in [0.5, 0.6) is 5.75 Å². The number of ether oxygens (including phenoxy) is 1. The van der Waals surface area contributed by atoms with Gasteiger partial charge in [0.15, 0.2) is 0 Å². The molecule has 0 saturated heterocycles. The number of nitrogens with zero attached hydrogens (tertiary/aromatic N) is 1. The summed E-state index contributed by atoms with van der Waals surface area (Å²) in [6.07, 6.45) is 1.56. The summed E-state index contributed by atoms with van der Waals surface area (Å²) < 4.78 is 55.8. The first-order valence-corrected chi connectivity index (χ1v) is 11.0. The van der Waals surface area contributed by atoms with Crippen molar-refractivity contribution in [2.45, 2.75) is 35.2 Å². The van der Waals surface area contributed by atoms with Gasteiger partial charge in [-0.2, -0.15) is 4.31 Å². The number of sulfonamides is 2. The zero-order valence-electron chi connectivity index (χ0n) is 14.2. The predicted octanol–water partition coefficient (Wildman–Crippen LogP) is 1.70. The van der Waals surface area contributed by atoms with Crippen LogP contribution in [0.3, 0.4) is 0 Å². The van der Waals surface area contributed by atoms with Crippen molar-refractivity contribution in [3.05, 3.63) is 54.1 Å². The molecule has 2 N–H and O–H groups in total. The van der Waals surface area contributed by atoms with Gasteiger partial charge < -0.3 is 4.74 Å². The van der Waals surface area contributed by atoms with Crippen molar-refractivity contribution in [1.82, 2.24) is 4.31 Å². The molecule has 2 aromatic carbocycles. The Kier molecular flexibility index (Phi) is 5.07. The Hall–Kier alpha value is -1.94. The minimum atomic E-state index is -3.98. The van der Waals surface area contributed by atoms with Crippen LogP contribution in [0.25, 0.3) is 0 Å². The van der Waals surface area contributed by atoms with Gasteiger partial charge in [-0.15, -0.1) is 0 Å². The average Bonchev–Trinajstić information content (AvgIpc) is 3.44. The van der Waals surface area contributed by atoms with E-state index in [4.69, 9.17) is 9.88 Å². The first-order valence-electron chi connectivity index (χ1n) is 7.99. The molecule has 1 fully saturated rings. The van der Waals surface area contributed by atoms with E-state index >= 15 is 0 Å². The van der Waals surface area contributed by atoms with E-state index in [2.05, 4.69) is 0 Å². The Morgan fingerprint density at radius 1 is 1.04 bits per heavy atom. The SMILES string of the molecule is COc1ccc(CN(C2CC2)S(=O)(=O)c2cccc(S(N)(=O)=O)c2)cc1. The van der Waals surface area contributed by atoms with Crippen LogP contribution in [0.15, 0.2) is 58.3 Å². The van der Waals surface area contributed by atoms with Gasteiger partial charge in [-0.25, -0.2) is 22.0 Å². The van der Waals surface area contributed by atoms with E-state index < -0.39 is 20.0 Å². The number of methoxy groups -OCH3 is 1. The highest BCUT2D eigenvalue weighted by Gasteiger charge is 2.38. The lowest BCUT2D eigenvalue weighted by Gasteiger charge is -2.22. The van der Waals surface area contributed by atoms with Crippen LogP contribution in [-0.2, 0) is 26.6 Å². The van der Waals surface area contributed by atoms with E-state index in [1.807, 2.05) is 12.1 Å². The van der Waals surface area contributed by atoms with Gasteiger partial charge >= 0.3 is 0 Å². The van der Waals surface area contributed by atoms with Gasteiger partial charge in [-0.05, 0) is 48.7 Å². The molecule has 0 amide bonds. The van der Waals surface area contributed by atoms with Crippen LogP contribution < -0.4 is 9.88 Å². The zero-order chi connectivity index (χ0) is 18.9. The standard InChI is InChI=1S/C17H20N2O5S2/c1-24-15-9-5-13(6-10-15)12-19(14-7-8-14)26(22,23)17-4-2-3-16(11-17)25(18,20)21/h2-6,9-11,14H,7-8,12H2,1H3,(H2,18,20,21). The minimum Gasteiger partial charge on any atom is -0.497 e. The fourth-order valence-electron chi connectivity index (χ4n) is 2.63. The van der Waals surface area contributed by atoms with Gasteiger partial charge in [-0.3, -0.25) is 0 Å². The second-order valence-corrected chi connectivity index (χ2v) is 9.60. The number of hydrogen-bond acceptors (Lipinski definition) is 5. The van der Waals surface area contributed by atoms with E-state index in [-0.39, 0.29) is 22.4 Å². The third-order valence-electron chi connectivity index (χ3n) is 4.19. The van der Waals surface area contributed by atoms with Crippen LogP contribution in [0.1, 0.15) is 18.4 Å². The predicted molar refractivity (Wildman–Crippen MR) is 96.6 cm³/mol. The fraction of sp³-hybridized carbons (Fsp3) is 0.294. The largest absolute Gasteiger partial charge is 0.497 e. The third kappa shape index (κ3) is 4.07. The molecule has 9 heteroatoms. The van der Waals surface area contributed by atoms with Gasteiger partial charge in [0.05, 0.1) is 16.9 Å². The molecule has 140 valence electrons. The normalized spacial score (nSPS) is 15.2. The quantitative estimate of drug-likeness (QED) is 0.766. The summed E-state index contributed by atoms with van der Waals surface area (Å²) in [6, 6.07) is 12.2. The lowest BCUT2D eigenvalue weighted by molar-refractivity contribution is 0.397. The number of hydrogen-bond donors (Lipinski definition) is 1. The summed E-state index contributed by atoms with van der Waals surface area (Å²) in [7, 11) is -6.27. The molecule has 0 spiro atoms. The first kappa shape index (κ1) is 18.8. The topological polar surface area (TPSA) is 107 Å². The van der Waals surface area contributed by atoms with Crippen LogP contribution >= 0.6 is 0 Å². The van der Waals surface area contributed by atoms with Gasteiger partial charge in [-0.1, -0.05) is 18.2 Å². The van der Waals surface area contributed by atoms with Crippen LogP contribution in [0, 0.1) is 0 Å². The van der Waals surface area contributed by atoms with Crippen molar-refractivity contribution in [2.24, 2.45) is 5.14 Å². The molecule has 1 aliphatic rings. The highest BCUT2D eigenvalue weighted by Crippen LogP contribution is 2.34. The second kappa shape index (κ2) is 6.99. The third-order valence-corrected chi connectivity index (χ3v) is 7.00. The maximum atomic E-state index is 13.1. The number of nitrogens with two attached hydrogens (primary N) is 1. The van der Waals surface area contributed by atoms with E-state index in [0.717, 1.165) is 24.5 Å². The molecule has 26 heavy (non-hydrogen) atoms. The summed E-state index contributed by atoms with van der Waals surface area (Å²) >= 11 is 0. The number of primary sulfonamides is 1. The summed E-state index contributed by atoms with van der Waals surface area (Å²) in [5.41, 5.74) is 0.823. The Bertz CT molecular complexity index is 998. The van der Waals surface area contributed by atoms with E-state index in [1.165, 1.54) is 22.5 Å². The number of benzene rings is 2. The zero-order valence-corrected chi connectivity index (χ0v) is 15.8. The van der Waals surface area contributed by atoms with Crippen molar-refractivity contribution in [3.8, 4) is 5.75 Å². The molecule has 1 aliphatic carbocycles. The van der Waals surface area contributed by atoms with Gasteiger partial charge in [0.2, 0.25) is 20.0 Å². The van der Waals surface area contributed by atoms with Gasteiger partial charge in [0, 0.05) is 12.6 Å². The minimum absolute atomic E-state index is 0.0792. The summed E-state index contributed by atoms with van der Waals surface area (Å²) in [6.45, 7) is 0.205. The summed E-state index contributed by atoms with van der Waals surface area (Å²) in [5.74, 6) is 0.690. The fourth-order valence-corrected chi connectivity index (χ4v) is 4.98. The second-order valence-electron chi connectivity index (χ2n) is 6.15. The van der Waals surface area contributed by atoms with Crippen molar-refractivity contribution < 1.29 is 21.6 Å². The maximum absolute atomic E-state index is 13.1. The molecule has 0 aromatic heterocycles. The van der Waals surface area contributed by atoms with Crippen LogP contribution in [0.4, 0.5) is 0 Å². The highest BCUT2D eigenvalue weighted by atomic mass is 32.2. The van der Waals surface area contributed by atoms with Crippen molar-refractivity contribution in [3.63, 3.8) is 0 Å². The molecule has 0 atom stereocenters. The monoisotopic (exact) mass is 396 g/mol. The molecule has 1 saturated carbocycles. The molecule has 2 aromatic rings. The van der Waals surface area contributed by atoms with Gasteiger partial charge in [0.25, 0.3) is 0 Å². The molecular formula is C17H20N2O5S2. The smallest absolute Gasteiger partial charge is 0.243 e. The lowest BCUT2D eigenvalue weighted by Crippen LogP contribution is -2.32. The highest BCUT2D eigenvalue weighted by molar-refractivity contribution is 7.90. The van der Waals surface area contributed by atoms with Gasteiger partial charge in [0.1, 0.15) is 5.75 Å². The van der Waals surface area contributed by atoms with Crippen molar-refractivity contribution in [1.29, 1.82) is 0 Å². The van der Waals surface area contributed by atoms with E-state index in [9.17, 15) is 16.8 Å². The van der Waals surface area contributed by atoms with E-state index in [1.54, 1.807) is 19.2 Å². The molecule has 0 heterocycles. The number of rotatable bonds is 7. The Morgan fingerprint density at radius 2 is 1.65 bits per heavy atom. The van der Waals surface area contributed by atoms with E-state index in [0.29, 0.717) is 5.75 Å². The molecule has 3 rings (SSSR count). The Labute approximate surface area is 153 Å².